The molecule has 0 N–H and O–H groups in total. The first kappa shape index (κ1) is 17.0. The third-order valence-corrected chi connectivity index (χ3v) is 6.07. The number of likely N-dealkylation sites (tertiary alicyclic amines) is 1. The number of hydrogen-bond acceptors (Lipinski definition) is 2. The minimum absolute atomic E-state index is 0.0466. The van der Waals surface area contributed by atoms with Gasteiger partial charge < -0.3 is 9.80 Å². The molecule has 0 unspecified atom stereocenters. The van der Waals surface area contributed by atoms with Crippen LogP contribution < -0.4 is 0 Å². The van der Waals surface area contributed by atoms with Crippen molar-refractivity contribution in [1.82, 2.24) is 9.80 Å². The first-order chi connectivity index (χ1) is 12.1. The van der Waals surface area contributed by atoms with Crippen molar-refractivity contribution >= 4 is 5.91 Å². The van der Waals surface area contributed by atoms with E-state index in [0.717, 1.165) is 57.3 Å². The van der Waals surface area contributed by atoms with Crippen molar-refractivity contribution in [2.45, 2.75) is 57.0 Å². The molecule has 3 fully saturated rings. The molecule has 1 aromatic carbocycles. The maximum atomic E-state index is 13.5. The minimum Gasteiger partial charge on any atom is -0.336 e. The third-order valence-electron chi connectivity index (χ3n) is 6.07. The van der Waals surface area contributed by atoms with Crippen LogP contribution in [0.3, 0.4) is 0 Å². The molecule has 1 heterocycles. The largest absolute Gasteiger partial charge is 0.336 e. The van der Waals surface area contributed by atoms with Crippen molar-refractivity contribution in [2.75, 3.05) is 19.6 Å². The van der Waals surface area contributed by atoms with Crippen molar-refractivity contribution in [3.05, 3.63) is 35.4 Å². The van der Waals surface area contributed by atoms with Gasteiger partial charge in [-0.25, -0.2) is 8.78 Å². The predicted molar refractivity (Wildman–Crippen MR) is 92.2 cm³/mol. The standard InChI is InChI=1S/C20H26F2N2O/c1-2-23-9-7-15(8-10-23)24(14-4-5-14)20(25)17-12-16(17)13-3-6-18(21)19(22)11-13/h3,6,11,14-17H,2,4-5,7-10,12H2,1H3/t16-,17+/m1/s1. The summed E-state index contributed by atoms with van der Waals surface area (Å²) >= 11 is 0. The van der Waals surface area contributed by atoms with Crippen LogP contribution in [0.1, 0.15) is 50.5 Å². The fourth-order valence-corrected chi connectivity index (χ4v) is 4.30. The molecule has 3 aliphatic rings. The molecular weight excluding hydrogens is 322 g/mol. The number of hydrogen-bond donors (Lipinski definition) is 0. The van der Waals surface area contributed by atoms with Crippen LogP contribution >= 0.6 is 0 Å². The third kappa shape index (κ3) is 3.43. The van der Waals surface area contributed by atoms with E-state index >= 15 is 0 Å². The number of rotatable bonds is 5. The van der Waals surface area contributed by atoms with Crippen molar-refractivity contribution in [3.63, 3.8) is 0 Å². The highest BCUT2D eigenvalue weighted by molar-refractivity contribution is 5.84. The normalized spacial score (nSPS) is 27.3. The Bertz CT molecular complexity index is 653. The molecule has 2 aliphatic carbocycles. The fraction of sp³-hybridized carbons (Fsp3) is 0.650. The Morgan fingerprint density at radius 3 is 2.40 bits per heavy atom. The zero-order chi connectivity index (χ0) is 17.6. The summed E-state index contributed by atoms with van der Waals surface area (Å²) in [6.45, 7) is 5.38. The molecule has 25 heavy (non-hydrogen) atoms. The first-order valence-electron chi connectivity index (χ1n) is 9.58. The lowest BCUT2D eigenvalue weighted by molar-refractivity contribution is -0.136. The summed E-state index contributed by atoms with van der Waals surface area (Å²) in [4.78, 5) is 17.7. The summed E-state index contributed by atoms with van der Waals surface area (Å²) in [5.74, 6) is -1.39. The number of carbonyl (C=O) groups is 1. The molecule has 136 valence electrons. The van der Waals surface area contributed by atoms with Crippen LogP contribution in [0.2, 0.25) is 0 Å². The second-order valence-electron chi connectivity index (χ2n) is 7.76. The molecule has 4 rings (SSSR count). The van der Waals surface area contributed by atoms with E-state index in [-0.39, 0.29) is 17.7 Å². The highest BCUT2D eigenvalue weighted by Gasteiger charge is 2.50. The smallest absolute Gasteiger partial charge is 0.226 e. The van der Waals surface area contributed by atoms with E-state index in [4.69, 9.17) is 0 Å². The van der Waals surface area contributed by atoms with Gasteiger partial charge >= 0.3 is 0 Å². The second-order valence-corrected chi connectivity index (χ2v) is 7.76. The fourth-order valence-electron chi connectivity index (χ4n) is 4.30. The summed E-state index contributed by atoms with van der Waals surface area (Å²) in [5.41, 5.74) is 0.758. The molecule has 0 spiro atoms. The Balaban J connectivity index is 1.43. The molecule has 1 aromatic rings. The van der Waals surface area contributed by atoms with Gasteiger partial charge in [-0.3, -0.25) is 4.79 Å². The van der Waals surface area contributed by atoms with E-state index in [0.29, 0.717) is 12.1 Å². The lowest BCUT2D eigenvalue weighted by Gasteiger charge is -2.38. The molecule has 2 atom stereocenters. The van der Waals surface area contributed by atoms with Crippen LogP contribution in [0.5, 0.6) is 0 Å². The average Bonchev–Trinajstić information content (AvgIpc) is 3.52. The maximum absolute atomic E-state index is 13.5. The van der Waals surface area contributed by atoms with Gasteiger partial charge in [-0.1, -0.05) is 13.0 Å². The molecule has 0 radical (unpaired) electrons. The second kappa shape index (κ2) is 6.67. The lowest BCUT2D eigenvalue weighted by Crippen LogP contribution is -2.49. The molecule has 3 nitrogen and oxygen atoms in total. The summed E-state index contributed by atoms with van der Waals surface area (Å²) in [6, 6.07) is 4.82. The summed E-state index contributed by atoms with van der Waals surface area (Å²) in [5, 5.41) is 0. The van der Waals surface area contributed by atoms with Crippen molar-refractivity contribution in [2.24, 2.45) is 5.92 Å². The summed E-state index contributed by atoms with van der Waals surface area (Å²) in [6.07, 6.45) is 5.10. The van der Waals surface area contributed by atoms with Crippen molar-refractivity contribution in [1.29, 1.82) is 0 Å². The van der Waals surface area contributed by atoms with E-state index in [1.807, 2.05) is 0 Å². The van der Waals surface area contributed by atoms with Crippen LogP contribution in [0.15, 0.2) is 18.2 Å². The van der Waals surface area contributed by atoms with Crippen LogP contribution in [0.25, 0.3) is 0 Å². The van der Waals surface area contributed by atoms with E-state index < -0.39 is 11.6 Å². The molecule has 0 bridgehead atoms. The SMILES string of the molecule is CCN1CCC(N(C(=O)[C@H]2C[C@@H]2c2ccc(F)c(F)c2)C2CC2)CC1. The van der Waals surface area contributed by atoms with Crippen molar-refractivity contribution in [3.8, 4) is 0 Å². The first-order valence-corrected chi connectivity index (χ1v) is 9.58. The molecular formula is C20H26F2N2O. The van der Waals surface area contributed by atoms with Crippen LogP contribution in [-0.2, 0) is 4.79 Å². The Hall–Kier alpha value is -1.49. The van der Waals surface area contributed by atoms with Crippen LogP contribution in [0, 0.1) is 17.6 Å². The molecule has 5 heteroatoms. The predicted octanol–water partition coefficient (Wildman–Crippen LogP) is 3.54. The van der Waals surface area contributed by atoms with Gasteiger partial charge in [0, 0.05) is 31.1 Å². The lowest BCUT2D eigenvalue weighted by atomic mass is 10.0. The van der Waals surface area contributed by atoms with Crippen LogP contribution in [-0.4, -0.2) is 47.4 Å². The zero-order valence-corrected chi connectivity index (χ0v) is 14.8. The number of piperidine rings is 1. The van der Waals surface area contributed by atoms with Gasteiger partial charge in [0.05, 0.1) is 0 Å². The topological polar surface area (TPSA) is 23.6 Å². The maximum Gasteiger partial charge on any atom is 0.226 e. The molecule has 0 aromatic heterocycles. The van der Waals surface area contributed by atoms with Gasteiger partial charge in [-0.15, -0.1) is 0 Å². The van der Waals surface area contributed by atoms with E-state index in [1.54, 1.807) is 6.07 Å². The quantitative estimate of drug-likeness (QED) is 0.812. The summed E-state index contributed by atoms with van der Waals surface area (Å²) in [7, 11) is 0. The summed E-state index contributed by atoms with van der Waals surface area (Å²) < 4.78 is 26.6. The van der Waals surface area contributed by atoms with Crippen LogP contribution in [0.4, 0.5) is 8.78 Å². The molecule has 2 saturated carbocycles. The van der Waals surface area contributed by atoms with Crippen molar-refractivity contribution < 1.29 is 13.6 Å². The van der Waals surface area contributed by atoms with Gasteiger partial charge in [0.25, 0.3) is 0 Å². The average molecular weight is 348 g/mol. The van der Waals surface area contributed by atoms with E-state index in [1.165, 1.54) is 12.1 Å². The van der Waals surface area contributed by atoms with E-state index in [9.17, 15) is 13.6 Å². The zero-order valence-electron chi connectivity index (χ0n) is 14.8. The Morgan fingerprint density at radius 1 is 1.12 bits per heavy atom. The Kier molecular flexibility index (Phi) is 4.52. The van der Waals surface area contributed by atoms with Gasteiger partial charge in [-0.05, 0) is 62.3 Å². The molecule has 1 amide bonds. The molecule has 1 saturated heterocycles. The van der Waals surface area contributed by atoms with Gasteiger partial charge in [0.15, 0.2) is 11.6 Å². The van der Waals surface area contributed by atoms with Gasteiger partial charge in [-0.2, -0.15) is 0 Å². The number of amides is 1. The number of halogens is 2. The Labute approximate surface area is 148 Å². The highest BCUT2D eigenvalue weighted by Crippen LogP contribution is 2.50. The number of nitrogens with zero attached hydrogens (tertiary/aromatic N) is 2. The minimum atomic E-state index is -0.824. The number of carbonyl (C=O) groups excluding carboxylic acids is 1. The number of benzene rings is 1. The van der Waals surface area contributed by atoms with E-state index in [2.05, 4.69) is 16.7 Å². The molecule has 1 aliphatic heterocycles. The monoisotopic (exact) mass is 348 g/mol. The van der Waals surface area contributed by atoms with Gasteiger partial charge in [0.1, 0.15) is 0 Å². The highest BCUT2D eigenvalue weighted by atomic mass is 19.2. The Morgan fingerprint density at radius 2 is 1.80 bits per heavy atom. The van der Waals surface area contributed by atoms with Gasteiger partial charge in [0.2, 0.25) is 5.91 Å².